The van der Waals surface area contributed by atoms with Gasteiger partial charge >= 0.3 is 0 Å². The second-order valence-electron chi connectivity index (χ2n) is 5.86. The van der Waals surface area contributed by atoms with Crippen LogP contribution in [0.2, 0.25) is 0 Å². The lowest BCUT2D eigenvalue weighted by molar-refractivity contribution is 0.0692. The highest BCUT2D eigenvalue weighted by molar-refractivity contribution is 7.89. The molecule has 25 heavy (non-hydrogen) atoms. The molecule has 1 aliphatic heterocycles. The fourth-order valence-corrected chi connectivity index (χ4v) is 4.44. The topological polar surface area (TPSA) is 102 Å². The van der Waals surface area contributed by atoms with Gasteiger partial charge in [0.15, 0.2) is 0 Å². The summed E-state index contributed by atoms with van der Waals surface area (Å²) in [4.78, 5) is 24.1. The van der Waals surface area contributed by atoms with Crippen LogP contribution < -0.4 is 0 Å². The van der Waals surface area contributed by atoms with Gasteiger partial charge in [-0.15, -0.1) is 0 Å². The Morgan fingerprint density at radius 3 is 2.60 bits per heavy atom. The van der Waals surface area contributed by atoms with Gasteiger partial charge in [0, 0.05) is 32.4 Å². The minimum atomic E-state index is -3.59. The predicted octanol–water partition coefficient (Wildman–Crippen LogP) is 1.04. The molecule has 0 aliphatic carbocycles. The molecule has 8 nitrogen and oxygen atoms in total. The molecule has 0 unspecified atom stereocenters. The number of rotatable bonds is 3. The van der Waals surface area contributed by atoms with Gasteiger partial charge in [-0.25, -0.2) is 13.4 Å². The van der Waals surface area contributed by atoms with E-state index in [9.17, 15) is 13.2 Å². The highest BCUT2D eigenvalue weighted by Crippen LogP contribution is 2.21. The van der Waals surface area contributed by atoms with Gasteiger partial charge in [-0.05, 0) is 30.3 Å². The summed E-state index contributed by atoms with van der Waals surface area (Å²) in [5.74, 6) is -0.110. The number of amides is 1. The van der Waals surface area contributed by atoms with Crippen molar-refractivity contribution in [1.82, 2.24) is 24.2 Å². The van der Waals surface area contributed by atoms with Crippen LogP contribution in [0.1, 0.15) is 10.5 Å². The van der Waals surface area contributed by atoms with Crippen molar-refractivity contribution >= 4 is 27.0 Å². The Kier molecular flexibility index (Phi) is 3.81. The number of nitrogens with one attached hydrogen (secondary N) is 2. The van der Waals surface area contributed by atoms with Crippen LogP contribution in [0.15, 0.2) is 47.8 Å². The first-order chi connectivity index (χ1) is 12.1. The summed E-state index contributed by atoms with van der Waals surface area (Å²) < 4.78 is 27.1. The number of carbonyl (C=O) groups is 1. The van der Waals surface area contributed by atoms with Crippen molar-refractivity contribution in [3.63, 3.8) is 0 Å². The summed E-state index contributed by atoms with van der Waals surface area (Å²) in [5, 5.41) is 0. The maximum Gasteiger partial charge on any atom is 0.270 e. The summed E-state index contributed by atoms with van der Waals surface area (Å²) in [6.07, 6.45) is 3.23. The zero-order valence-corrected chi connectivity index (χ0v) is 14.2. The van der Waals surface area contributed by atoms with Crippen LogP contribution in [0.3, 0.4) is 0 Å². The SMILES string of the molecule is O=C(c1ccc[nH]1)N1CCN(S(=O)(=O)c2ccc3nc[nH]c3c2)CC1. The fourth-order valence-electron chi connectivity index (χ4n) is 2.99. The molecule has 130 valence electrons. The number of aromatic nitrogens is 3. The Hall–Kier alpha value is -2.65. The van der Waals surface area contributed by atoms with Crippen LogP contribution in [-0.4, -0.2) is 64.7 Å². The standard InChI is InChI=1S/C16H17N5O3S/c22-16(14-2-1-5-17-14)20-6-8-21(9-7-20)25(23,24)12-3-4-13-15(10-12)19-11-18-13/h1-5,10-11,17H,6-9H2,(H,18,19). The van der Waals surface area contributed by atoms with E-state index in [1.54, 1.807) is 41.4 Å². The van der Waals surface area contributed by atoms with Gasteiger partial charge < -0.3 is 14.9 Å². The van der Waals surface area contributed by atoms with Crippen LogP contribution in [-0.2, 0) is 10.0 Å². The lowest BCUT2D eigenvalue weighted by atomic mass is 10.3. The number of nitrogens with zero attached hydrogens (tertiary/aromatic N) is 3. The van der Waals surface area contributed by atoms with Crippen molar-refractivity contribution in [3.05, 3.63) is 48.5 Å². The van der Waals surface area contributed by atoms with Crippen LogP contribution in [0, 0.1) is 0 Å². The lowest BCUT2D eigenvalue weighted by Gasteiger charge is -2.33. The molecule has 4 rings (SSSR count). The molecule has 0 spiro atoms. The minimum absolute atomic E-state index is 0.110. The van der Waals surface area contributed by atoms with Crippen molar-refractivity contribution in [3.8, 4) is 0 Å². The van der Waals surface area contributed by atoms with Crippen molar-refractivity contribution in [2.24, 2.45) is 0 Å². The van der Waals surface area contributed by atoms with Gasteiger partial charge in [-0.2, -0.15) is 4.31 Å². The molecule has 0 saturated carbocycles. The highest BCUT2D eigenvalue weighted by atomic mass is 32.2. The Labute approximate surface area is 144 Å². The monoisotopic (exact) mass is 359 g/mol. The molecule has 3 heterocycles. The normalized spacial score (nSPS) is 16.4. The summed E-state index contributed by atoms with van der Waals surface area (Å²) >= 11 is 0. The second-order valence-corrected chi connectivity index (χ2v) is 7.80. The molecule has 9 heteroatoms. The van der Waals surface area contributed by atoms with E-state index in [1.807, 2.05) is 0 Å². The zero-order chi connectivity index (χ0) is 17.4. The molecule has 1 aliphatic rings. The third kappa shape index (κ3) is 2.81. The van der Waals surface area contributed by atoms with Crippen molar-refractivity contribution in [2.75, 3.05) is 26.2 Å². The minimum Gasteiger partial charge on any atom is -0.357 e. The number of piperazine rings is 1. The number of hydrogen-bond acceptors (Lipinski definition) is 4. The zero-order valence-electron chi connectivity index (χ0n) is 13.3. The molecule has 1 aromatic carbocycles. The molecule has 3 aromatic rings. The van der Waals surface area contributed by atoms with E-state index in [1.165, 1.54) is 10.6 Å². The van der Waals surface area contributed by atoms with E-state index in [0.717, 1.165) is 5.52 Å². The summed E-state index contributed by atoms with van der Waals surface area (Å²) in [6, 6.07) is 8.32. The smallest absolute Gasteiger partial charge is 0.270 e. The summed E-state index contributed by atoms with van der Waals surface area (Å²) in [5.41, 5.74) is 1.92. The van der Waals surface area contributed by atoms with E-state index >= 15 is 0 Å². The van der Waals surface area contributed by atoms with E-state index < -0.39 is 10.0 Å². The predicted molar refractivity (Wildman–Crippen MR) is 91.5 cm³/mol. The number of fused-ring (bicyclic) bond motifs is 1. The Morgan fingerprint density at radius 1 is 1.08 bits per heavy atom. The number of benzene rings is 1. The molecular weight excluding hydrogens is 342 g/mol. The molecule has 0 bridgehead atoms. The molecular formula is C16H17N5O3S. The molecule has 1 amide bonds. The Balaban J connectivity index is 1.50. The number of carbonyl (C=O) groups excluding carboxylic acids is 1. The third-order valence-electron chi connectivity index (χ3n) is 4.38. The van der Waals surface area contributed by atoms with Gasteiger partial charge in [0.05, 0.1) is 22.3 Å². The van der Waals surface area contributed by atoms with Gasteiger partial charge in [-0.1, -0.05) is 0 Å². The maximum absolute atomic E-state index is 12.8. The lowest BCUT2D eigenvalue weighted by Crippen LogP contribution is -2.50. The van der Waals surface area contributed by atoms with Crippen LogP contribution in [0.25, 0.3) is 11.0 Å². The summed E-state index contributed by atoms with van der Waals surface area (Å²) in [6.45, 7) is 1.28. The quantitative estimate of drug-likeness (QED) is 0.729. The van der Waals surface area contributed by atoms with Crippen molar-refractivity contribution < 1.29 is 13.2 Å². The molecule has 2 N–H and O–H groups in total. The second kappa shape index (κ2) is 6.01. The van der Waals surface area contributed by atoms with Gasteiger partial charge in [0.25, 0.3) is 5.91 Å². The average molecular weight is 359 g/mol. The first kappa shape index (κ1) is 15.9. The number of aromatic amines is 2. The molecule has 0 atom stereocenters. The first-order valence-corrected chi connectivity index (χ1v) is 9.36. The van der Waals surface area contributed by atoms with Crippen LogP contribution in [0.4, 0.5) is 0 Å². The largest absolute Gasteiger partial charge is 0.357 e. The average Bonchev–Trinajstić information content (AvgIpc) is 3.32. The van der Waals surface area contributed by atoms with Crippen molar-refractivity contribution in [1.29, 1.82) is 0 Å². The Morgan fingerprint density at radius 2 is 1.88 bits per heavy atom. The molecule has 0 radical (unpaired) electrons. The van der Waals surface area contributed by atoms with Crippen LogP contribution >= 0.6 is 0 Å². The molecule has 1 saturated heterocycles. The van der Waals surface area contributed by atoms with E-state index in [4.69, 9.17) is 0 Å². The van der Waals surface area contributed by atoms with E-state index in [-0.39, 0.29) is 23.9 Å². The van der Waals surface area contributed by atoms with Crippen molar-refractivity contribution in [2.45, 2.75) is 4.90 Å². The molecule has 1 fully saturated rings. The first-order valence-electron chi connectivity index (χ1n) is 7.92. The highest BCUT2D eigenvalue weighted by Gasteiger charge is 2.30. The van der Waals surface area contributed by atoms with E-state index in [2.05, 4.69) is 15.0 Å². The summed E-state index contributed by atoms with van der Waals surface area (Å²) in [7, 11) is -3.59. The maximum atomic E-state index is 12.8. The number of sulfonamides is 1. The third-order valence-corrected chi connectivity index (χ3v) is 6.28. The van der Waals surface area contributed by atoms with E-state index in [0.29, 0.717) is 24.3 Å². The van der Waals surface area contributed by atoms with Gasteiger partial charge in [0.2, 0.25) is 10.0 Å². The van der Waals surface area contributed by atoms with Gasteiger partial charge in [0.1, 0.15) is 5.69 Å². The molecule has 2 aromatic heterocycles. The fraction of sp³-hybridized carbons (Fsp3) is 0.250. The number of imidazole rings is 1. The number of H-pyrrole nitrogens is 2. The van der Waals surface area contributed by atoms with Crippen LogP contribution in [0.5, 0.6) is 0 Å². The Bertz CT molecular complexity index is 1000. The number of hydrogen-bond donors (Lipinski definition) is 2. The van der Waals surface area contributed by atoms with Gasteiger partial charge in [-0.3, -0.25) is 4.79 Å².